The van der Waals surface area contributed by atoms with Crippen LogP contribution in [0.3, 0.4) is 0 Å². The summed E-state index contributed by atoms with van der Waals surface area (Å²) in [6.07, 6.45) is -12.9. The van der Waals surface area contributed by atoms with Crippen molar-refractivity contribution in [1.29, 1.82) is 0 Å². The lowest BCUT2D eigenvalue weighted by Crippen LogP contribution is -2.29. The van der Waals surface area contributed by atoms with Gasteiger partial charge in [0.1, 0.15) is 13.2 Å². The van der Waals surface area contributed by atoms with E-state index in [1.54, 1.807) is 24.3 Å². The molecule has 2 aromatic carbocycles. The Kier molecular flexibility index (Phi) is 18.2. The average Bonchev–Trinajstić information content (AvgIpc) is 3.16. The van der Waals surface area contributed by atoms with Crippen molar-refractivity contribution >= 4 is 43.8 Å². The van der Waals surface area contributed by atoms with Gasteiger partial charge < -0.3 is 50.0 Å². The van der Waals surface area contributed by atoms with Gasteiger partial charge >= 0.3 is 24.3 Å². The van der Waals surface area contributed by atoms with Crippen LogP contribution < -0.4 is 29.6 Å². The summed E-state index contributed by atoms with van der Waals surface area (Å²) in [6.45, 7) is -0.217. The average molecular weight is 1010 g/mol. The Bertz CT molecular complexity index is 2030. The monoisotopic (exact) mass is 1010 g/mol. The topological polar surface area (TPSA) is 202 Å². The van der Waals surface area contributed by atoms with E-state index in [1.807, 2.05) is 26.0 Å². The van der Waals surface area contributed by atoms with Gasteiger partial charge in [0.2, 0.25) is 23.5 Å². The number of nitrogens with one attached hydrogen (secondary N) is 2. The van der Waals surface area contributed by atoms with Gasteiger partial charge in [0.05, 0.1) is 34.0 Å². The lowest BCUT2D eigenvalue weighted by atomic mass is 9.92. The van der Waals surface area contributed by atoms with E-state index in [0.717, 1.165) is 22.3 Å². The number of aliphatic hydroxyl groups excluding tert-OH is 2. The summed E-state index contributed by atoms with van der Waals surface area (Å²) in [4.78, 5) is 30.1. The van der Waals surface area contributed by atoms with Crippen LogP contribution in [0.15, 0.2) is 57.5 Å². The van der Waals surface area contributed by atoms with Crippen LogP contribution in [0.5, 0.6) is 23.5 Å². The summed E-state index contributed by atoms with van der Waals surface area (Å²) in [5.41, 5.74) is 5.01. The Labute approximate surface area is 367 Å². The highest BCUT2D eigenvalue weighted by molar-refractivity contribution is 9.10. The Morgan fingerprint density at radius 2 is 1.00 bits per heavy atom. The van der Waals surface area contributed by atoms with Crippen LogP contribution in [0.2, 0.25) is 0 Å². The van der Waals surface area contributed by atoms with Crippen LogP contribution >= 0.6 is 31.9 Å². The Hall–Kier alpha value is -4.74. The fourth-order valence-electron chi connectivity index (χ4n) is 5.84. The van der Waals surface area contributed by atoms with Crippen molar-refractivity contribution < 1.29 is 75.3 Å². The van der Waals surface area contributed by atoms with Crippen LogP contribution in [0.4, 0.5) is 26.3 Å². The number of carboxylic acid groups (broad SMARTS) is 2. The molecule has 2 atom stereocenters. The number of rotatable bonds is 23. The highest BCUT2D eigenvalue weighted by Gasteiger charge is 2.31. The molecule has 338 valence electrons. The third kappa shape index (κ3) is 15.9. The van der Waals surface area contributed by atoms with Gasteiger partial charge in [0.25, 0.3) is 0 Å². The predicted molar refractivity (Wildman–Crippen MR) is 217 cm³/mol. The standard InChI is InChI=1S/C40H42Br2F6N4O10/c1-21-23(17-59-37-31(41)9-25(13-49-15-27(53)11-33(55)56)35(51-37)61-19-39(43,44)45)5-3-7-29(21)30-8-4-6-24(22(30)2)18-60-38-32(42)10-26(14-50-16-28(54)12-34(57)58)36(52-38)62-20-40(46,47)48/h3-10,27-28,49-50,53-54H,11-20H2,1-2H3,(H,55,56)(H,57,58)/t27-,28-/m0/s1. The van der Waals surface area contributed by atoms with Gasteiger partial charge in [-0.15, -0.1) is 0 Å². The van der Waals surface area contributed by atoms with Crippen LogP contribution in [0.1, 0.15) is 46.2 Å². The first kappa shape index (κ1) is 49.9. The zero-order valence-corrected chi connectivity index (χ0v) is 36.2. The maximum atomic E-state index is 13.1. The normalized spacial score (nSPS) is 12.8. The summed E-state index contributed by atoms with van der Waals surface area (Å²) in [5.74, 6) is -3.34. The number of ether oxygens (including phenoxy) is 4. The van der Waals surface area contributed by atoms with Crippen LogP contribution in [-0.4, -0.2) is 93.2 Å². The molecule has 0 radical (unpaired) electrons. The molecule has 0 saturated carbocycles. The molecule has 0 aliphatic heterocycles. The molecule has 6 N–H and O–H groups in total. The van der Waals surface area contributed by atoms with Crippen molar-refractivity contribution in [3.63, 3.8) is 0 Å². The van der Waals surface area contributed by atoms with Gasteiger partial charge in [-0.25, -0.2) is 0 Å². The van der Waals surface area contributed by atoms with Crippen molar-refractivity contribution in [3.8, 4) is 34.6 Å². The number of hydrogen-bond acceptors (Lipinski definition) is 12. The molecule has 22 heteroatoms. The first-order chi connectivity index (χ1) is 29.1. The van der Waals surface area contributed by atoms with E-state index in [-0.39, 0.29) is 83.0 Å². The second kappa shape index (κ2) is 22.6. The second-order valence-electron chi connectivity index (χ2n) is 13.8. The number of alkyl halides is 6. The van der Waals surface area contributed by atoms with Gasteiger partial charge in [-0.2, -0.15) is 36.3 Å². The number of nitrogens with zero attached hydrogens (tertiary/aromatic N) is 2. The van der Waals surface area contributed by atoms with Gasteiger partial charge in [-0.3, -0.25) is 9.59 Å². The third-order valence-electron chi connectivity index (χ3n) is 8.83. The first-order valence-corrected chi connectivity index (χ1v) is 20.1. The van der Waals surface area contributed by atoms with Crippen molar-refractivity contribution in [2.75, 3.05) is 26.3 Å². The number of halogens is 8. The fraction of sp³-hybridized carbons (Fsp3) is 0.400. The molecule has 0 fully saturated rings. The van der Waals surface area contributed by atoms with Gasteiger partial charge in [0.15, 0.2) is 13.2 Å². The molecular weight excluding hydrogens is 970 g/mol. The van der Waals surface area contributed by atoms with E-state index in [2.05, 4.69) is 52.5 Å². The van der Waals surface area contributed by atoms with Crippen molar-refractivity contribution in [2.24, 2.45) is 0 Å². The molecule has 2 heterocycles. The second-order valence-corrected chi connectivity index (χ2v) is 15.5. The lowest BCUT2D eigenvalue weighted by molar-refractivity contribution is -0.154. The van der Waals surface area contributed by atoms with Gasteiger partial charge in [-0.1, -0.05) is 36.4 Å². The van der Waals surface area contributed by atoms with E-state index in [0.29, 0.717) is 11.1 Å². The molecule has 62 heavy (non-hydrogen) atoms. The van der Waals surface area contributed by atoms with Crippen molar-refractivity contribution in [2.45, 2.75) is 77.6 Å². The first-order valence-electron chi connectivity index (χ1n) is 18.5. The van der Waals surface area contributed by atoms with E-state index in [4.69, 9.17) is 29.2 Å². The van der Waals surface area contributed by atoms with E-state index in [1.165, 1.54) is 12.1 Å². The predicted octanol–water partition coefficient (Wildman–Crippen LogP) is 7.18. The largest absolute Gasteiger partial charge is 0.481 e. The third-order valence-corrected chi connectivity index (χ3v) is 9.97. The number of pyridine rings is 2. The smallest absolute Gasteiger partial charge is 0.422 e. The quantitative estimate of drug-likeness (QED) is 0.0408. The molecule has 14 nitrogen and oxygen atoms in total. The zero-order chi connectivity index (χ0) is 45.8. The summed E-state index contributed by atoms with van der Waals surface area (Å²) in [6, 6.07) is 13.9. The maximum absolute atomic E-state index is 13.1. The maximum Gasteiger partial charge on any atom is 0.422 e. The number of aliphatic carboxylic acids is 2. The number of hydrogen-bond donors (Lipinski definition) is 6. The fourth-order valence-corrected chi connectivity index (χ4v) is 6.80. The van der Waals surface area contributed by atoms with E-state index >= 15 is 0 Å². The molecule has 0 saturated heterocycles. The Morgan fingerprint density at radius 1 is 0.629 bits per heavy atom. The molecule has 4 rings (SSSR count). The highest BCUT2D eigenvalue weighted by Crippen LogP contribution is 2.35. The van der Waals surface area contributed by atoms with Gasteiger partial charge in [0, 0.05) is 37.3 Å². The minimum absolute atomic E-state index is 0.0579. The number of carboxylic acids is 2. The van der Waals surface area contributed by atoms with Crippen LogP contribution in [-0.2, 0) is 35.9 Å². The summed E-state index contributed by atoms with van der Waals surface area (Å²) >= 11 is 6.69. The summed E-state index contributed by atoms with van der Waals surface area (Å²) in [5, 5.41) is 43.0. The van der Waals surface area contributed by atoms with Crippen LogP contribution in [0, 0.1) is 13.8 Å². The summed E-state index contributed by atoms with van der Waals surface area (Å²) in [7, 11) is 0. The molecule has 0 bridgehead atoms. The molecule has 2 aromatic heterocycles. The van der Waals surface area contributed by atoms with E-state index in [9.17, 15) is 46.1 Å². The Morgan fingerprint density at radius 3 is 1.34 bits per heavy atom. The minimum atomic E-state index is -4.67. The molecular formula is C40H42Br2F6N4O10. The summed E-state index contributed by atoms with van der Waals surface area (Å²) < 4.78 is 101. The molecule has 0 unspecified atom stereocenters. The van der Waals surface area contributed by atoms with E-state index < -0.39 is 62.6 Å². The molecule has 0 spiro atoms. The molecule has 0 amide bonds. The zero-order valence-electron chi connectivity index (χ0n) is 33.0. The molecule has 0 aliphatic carbocycles. The number of carbonyl (C=O) groups is 2. The molecule has 4 aromatic rings. The van der Waals surface area contributed by atoms with Gasteiger partial charge in [-0.05, 0) is 91.2 Å². The van der Waals surface area contributed by atoms with Crippen LogP contribution in [0.25, 0.3) is 11.1 Å². The van der Waals surface area contributed by atoms with Crippen molar-refractivity contribution in [1.82, 2.24) is 20.6 Å². The lowest BCUT2D eigenvalue weighted by Gasteiger charge is -2.18. The minimum Gasteiger partial charge on any atom is -0.481 e. The number of aromatic nitrogens is 2. The highest BCUT2D eigenvalue weighted by atomic mass is 79.9. The number of benzene rings is 2. The Balaban J connectivity index is 1.51. The number of aliphatic hydroxyl groups is 2. The van der Waals surface area contributed by atoms with Crippen molar-refractivity contribution in [3.05, 3.63) is 90.9 Å². The molecule has 0 aliphatic rings. The SMILES string of the molecule is Cc1c(COc2nc(OCC(F)(F)F)c(CNC[C@@H](O)CC(=O)O)cc2Br)cccc1-c1cccc(COc2nc(OCC(F)(F)F)c(CNC[C@@H](O)CC(=O)O)cc2Br)c1C.